The number of hydrogen-bond acceptors (Lipinski definition) is 4. The number of rotatable bonds is 8. The molecule has 1 N–H and O–H groups in total. The van der Waals surface area contributed by atoms with Crippen LogP contribution in [0.5, 0.6) is 0 Å². The van der Waals surface area contributed by atoms with Crippen molar-refractivity contribution in [3.63, 3.8) is 0 Å². The SMILES string of the molecule is CC(C)OCC(O)CN(Cc1cccs1)C1CC1. The molecule has 1 unspecified atom stereocenters. The first-order chi connectivity index (χ1) is 8.65. The van der Waals surface area contributed by atoms with Gasteiger partial charge in [-0.15, -0.1) is 11.3 Å². The van der Waals surface area contributed by atoms with Crippen molar-refractivity contribution in [3.8, 4) is 0 Å². The van der Waals surface area contributed by atoms with Crippen LogP contribution in [0.15, 0.2) is 17.5 Å². The molecule has 0 saturated heterocycles. The van der Waals surface area contributed by atoms with Crippen molar-refractivity contribution in [1.29, 1.82) is 0 Å². The van der Waals surface area contributed by atoms with Crippen LogP contribution in [0, 0.1) is 0 Å². The molecule has 0 aliphatic heterocycles. The van der Waals surface area contributed by atoms with Gasteiger partial charge in [-0.25, -0.2) is 0 Å². The number of ether oxygens (including phenoxy) is 1. The van der Waals surface area contributed by atoms with Gasteiger partial charge in [0.15, 0.2) is 0 Å². The van der Waals surface area contributed by atoms with E-state index in [2.05, 4.69) is 22.4 Å². The Labute approximate surface area is 113 Å². The van der Waals surface area contributed by atoms with Crippen molar-refractivity contribution in [2.75, 3.05) is 13.2 Å². The first kappa shape index (κ1) is 14.0. The first-order valence-corrected chi connectivity index (χ1v) is 7.59. The van der Waals surface area contributed by atoms with Gasteiger partial charge >= 0.3 is 0 Å². The third-order valence-corrected chi connectivity index (χ3v) is 3.93. The molecule has 1 aliphatic rings. The van der Waals surface area contributed by atoms with Gasteiger partial charge in [0, 0.05) is 24.0 Å². The lowest BCUT2D eigenvalue weighted by atomic mass is 10.3. The maximum absolute atomic E-state index is 10.0. The van der Waals surface area contributed by atoms with Gasteiger partial charge in [-0.3, -0.25) is 4.90 Å². The van der Waals surface area contributed by atoms with Gasteiger partial charge < -0.3 is 9.84 Å². The van der Waals surface area contributed by atoms with Gasteiger partial charge in [0.05, 0.1) is 18.8 Å². The molecule has 0 aromatic carbocycles. The van der Waals surface area contributed by atoms with Gasteiger partial charge in [-0.2, -0.15) is 0 Å². The van der Waals surface area contributed by atoms with Gasteiger partial charge in [0.25, 0.3) is 0 Å². The van der Waals surface area contributed by atoms with Crippen LogP contribution in [-0.2, 0) is 11.3 Å². The highest BCUT2D eigenvalue weighted by molar-refractivity contribution is 7.09. The Morgan fingerprint density at radius 2 is 2.28 bits per heavy atom. The van der Waals surface area contributed by atoms with Crippen molar-refractivity contribution in [1.82, 2.24) is 4.90 Å². The highest BCUT2D eigenvalue weighted by Gasteiger charge is 2.30. The van der Waals surface area contributed by atoms with Crippen molar-refractivity contribution >= 4 is 11.3 Å². The average Bonchev–Trinajstić information content (AvgIpc) is 3.05. The smallest absolute Gasteiger partial charge is 0.0900 e. The van der Waals surface area contributed by atoms with E-state index in [4.69, 9.17) is 4.74 Å². The molecule has 2 rings (SSSR count). The second-order valence-electron chi connectivity index (χ2n) is 5.28. The molecule has 1 aromatic heterocycles. The van der Waals surface area contributed by atoms with Crippen LogP contribution in [0.25, 0.3) is 0 Å². The zero-order chi connectivity index (χ0) is 13.0. The van der Waals surface area contributed by atoms with Gasteiger partial charge in [-0.05, 0) is 38.1 Å². The van der Waals surface area contributed by atoms with Crippen LogP contribution in [0.2, 0.25) is 0 Å². The highest BCUT2D eigenvalue weighted by Crippen LogP contribution is 2.29. The van der Waals surface area contributed by atoms with E-state index in [1.807, 2.05) is 13.8 Å². The van der Waals surface area contributed by atoms with Gasteiger partial charge in [0.1, 0.15) is 0 Å². The highest BCUT2D eigenvalue weighted by atomic mass is 32.1. The molecule has 102 valence electrons. The summed E-state index contributed by atoms with van der Waals surface area (Å²) in [6.45, 7) is 6.11. The molecule has 1 heterocycles. The third kappa shape index (κ3) is 4.69. The van der Waals surface area contributed by atoms with E-state index in [9.17, 15) is 5.11 Å². The Kier molecular flexibility index (Phi) is 5.18. The lowest BCUT2D eigenvalue weighted by Gasteiger charge is -2.24. The summed E-state index contributed by atoms with van der Waals surface area (Å²) in [4.78, 5) is 3.76. The molecule has 1 aliphatic carbocycles. The fourth-order valence-corrected chi connectivity index (χ4v) is 2.74. The standard InChI is InChI=1S/C14H23NO2S/c1-11(2)17-10-13(16)8-15(12-5-6-12)9-14-4-3-7-18-14/h3-4,7,11-13,16H,5-6,8-10H2,1-2H3. The fraction of sp³-hybridized carbons (Fsp3) is 0.714. The summed E-state index contributed by atoms with van der Waals surface area (Å²) in [6, 6.07) is 4.92. The Balaban J connectivity index is 1.79. The topological polar surface area (TPSA) is 32.7 Å². The van der Waals surface area contributed by atoms with Crippen LogP contribution >= 0.6 is 11.3 Å². The molecule has 18 heavy (non-hydrogen) atoms. The van der Waals surface area contributed by atoms with Gasteiger partial charge in [-0.1, -0.05) is 6.07 Å². The van der Waals surface area contributed by atoms with Crippen molar-refractivity contribution < 1.29 is 9.84 Å². The van der Waals surface area contributed by atoms with E-state index >= 15 is 0 Å². The van der Waals surface area contributed by atoms with Crippen molar-refractivity contribution in [2.45, 2.75) is 51.5 Å². The zero-order valence-corrected chi connectivity index (χ0v) is 12.0. The maximum Gasteiger partial charge on any atom is 0.0900 e. The predicted molar refractivity (Wildman–Crippen MR) is 74.8 cm³/mol. The summed E-state index contributed by atoms with van der Waals surface area (Å²) in [5, 5.41) is 12.1. The molecule has 1 saturated carbocycles. The van der Waals surface area contributed by atoms with E-state index in [-0.39, 0.29) is 12.2 Å². The van der Waals surface area contributed by atoms with E-state index in [1.165, 1.54) is 17.7 Å². The van der Waals surface area contributed by atoms with Crippen molar-refractivity contribution in [3.05, 3.63) is 22.4 Å². The third-order valence-electron chi connectivity index (χ3n) is 3.07. The molecule has 0 bridgehead atoms. The van der Waals surface area contributed by atoms with E-state index in [1.54, 1.807) is 11.3 Å². The van der Waals surface area contributed by atoms with E-state index in [0.717, 1.165) is 13.1 Å². The summed E-state index contributed by atoms with van der Waals surface area (Å²) in [5.74, 6) is 0. The molecule has 1 aromatic rings. The normalized spacial score (nSPS) is 17.6. The molecule has 0 amide bonds. The van der Waals surface area contributed by atoms with Crippen LogP contribution in [0.3, 0.4) is 0 Å². The molecular formula is C14H23NO2S. The number of nitrogens with zero attached hydrogens (tertiary/aromatic N) is 1. The number of hydrogen-bond donors (Lipinski definition) is 1. The minimum atomic E-state index is -0.382. The molecule has 3 nitrogen and oxygen atoms in total. The average molecular weight is 269 g/mol. The monoisotopic (exact) mass is 269 g/mol. The fourth-order valence-electron chi connectivity index (χ4n) is 2.01. The van der Waals surface area contributed by atoms with Gasteiger partial charge in [0.2, 0.25) is 0 Å². The molecule has 0 spiro atoms. The zero-order valence-electron chi connectivity index (χ0n) is 11.2. The largest absolute Gasteiger partial charge is 0.389 e. The van der Waals surface area contributed by atoms with E-state index < -0.39 is 0 Å². The molecule has 1 atom stereocenters. The molecule has 1 fully saturated rings. The predicted octanol–water partition coefficient (Wildman–Crippen LogP) is 2.50. The van der Waals surface area contributed by atoms with Crippen LogP contribution in [-0.4, -0.2) is 41.4 Å². The lowest BCUT2D eigenvalue weighted by molar-refractivity contribution is -0.0105. The Hall–Kier alpha value is -0.420. The summed E-state index contributed by atoms with van der Waals surface area (Å²) in [6.07, 6.45) is 2.34. The minimum absolute atomic E-state index is 0.186. The number of aliphatic hydroxyl groups is 1. The van der Waals surface area contributed by atoms with Crippen molar-refractivity contribution in [2.24, 2.45) is 0 Å². The molecule has 0 radical (unpaired) electrons. The number of thiophene rings is 1. The van der Waals surface area contributed by atoms with Crippen LogP contribution < -0.4 is 0 Å². The van der Waals surface area contributed by atoms with Crippen LogP contribution in [0.1, 0.15) is 31.6 Å². The lowest BCUT2D eigenvalue weighted by Crippen LogP contribution is -2.36. The minimum Gasteiger partial charge on any atom is -0.389 e. The quantitative estimate of drug-likeness (QED) is 0.787. The second kappa shape index (κ2) is 6.66. The summed E-state index contributed by atoms with van der Waals surface area (Å²) in [7, 11) is 0. The first-order valence-electron chi connectivity index (χ1n) is 6.71. The Morgan fingerprint density at radius 3 is 2.83 bits per heavy atom. The van der Waals surface area contributed by atoms with E-state index in [0.29, 0.717) is 12.6 Å². The summed E-state index contributed by atoms with van der Waals surface area (Å²) >= 11 is 1.79. The summed E-state index contributed by atoms with van der Waals surface area (Å²) in [5.41, 5.74) is 0. The number of aliphatic hydroxyl groups excluding tert-OH is 1. The Morgan fingerprint density at radius 1 is 1.50 bits per heavy atom. The summed E-state index contributed by atoms with van der Waals surface area (Å²) < 4.78 is 5.47. The second-order valence-corrected chi connectivity index (χ2v) is 6.31. The molecule has 4 heteroatoms. The van der Waals surface area contributed by atoms with Crippen LogP contribution in [0.4, 0.5) is 0 Å². The Bertz CT molecular complexity index is 336. The molecular weight excluding hydrogens is 246 g/mol. The maximum atomic E-state index is 10.0.